The summed E-state index contributed by atoms with van der Waals surface area (Å²) in [5.74, 6) is 0.826. The van der Waals surface area contributed by atoms with Crippen LogP contribution in [0.2, 0.25) is 0 Å². The molecule has 4 rings (SSSR count). The molecule has 1 aromatic heterocycles. The molecule has 0 atom stereocenters. The van der Waals surface area contributed by atoms with E-state index in [1.807, 2.05) is 19.3 Å². The third-order valence-electron chi connectivity index (χ3n) is 5.69. The molecule has 0 saturated heterocycles. The molecule has 1 saturated carbocycles. The Hall–Kier alpha value is -2.88. The minimum Gasteiger partial charge on any atom is -0.356 e. The van der Waals surface area contributed by atoms with Crippen molar-refractivity contribution in [2.75, 3.05) is 13.6 Å². The lowest BCUT2D eigenvalue weighted by molar-refractivity contribution is 0.244. The predicted molar refractivity (Wildman–Crippen MR) is 112 cm³/mol. The summed E-state index contributed by atoms with van der Waals surface area (Å²) in [5, 5.41) is 9.36. The van der Waals surface area contributed by atoms with Crippen molar-refractivity contribution in [2.45, 2.75) is 31.2 Å². The van der Waals surface area contributed by atoms with Crippen LogP contribution in [0.15, 0.2) is 71.9 Å². The zero-order valence-corrected chi connectivity index (χ0v) is 15.8. The van der Waals surface area contributed by atoms with E-state index in [1.165, 1.54) is 35.6 Å². The Balaban J connectivity index is 1.41. The highest BCUT2D eigenvalue weighted by Crippen LogP contribution is 2.43. The van der Waals surface area contributed by atoms with Crippen LogP contribution in [-0.2, 0) is 12.0 Å². The molecule has 0 radical (unpaired) electrons. The van der Waals surface area contributed by atoms with Gasteiger partial charge in [-0.1, -0.05) is 61.0 Å². The van der Waals surface area contributed by atoms with Crippen LogP contribution in [0, 0.1) is 0 Å². The van der Waals surface area contributed by atoms with E-state index in [-0.39, 0.29) is 5.41 Å². The molecule has 0 aliphatic heterocycles. The molecular weight excluding hydrogens is 332 g/mol. The van der Waals surface area contributed by atoms with E-state index in [9.17, 15) is 0 Å². The standard InChI is InChI=1S/C23H26N4/c1-24-22(26-16-21-20-11-6-5-8-18(20)12-15-25-21)27-17-23(13-7-14-23)19-9-3-2-4-10-19/h2-6,8-12,15H,7,13-14,16-17H2,1H3,(H2,24,26,27). The number of fused-ring (bicyclic) bond motifs is 1. The van der Waals surface area contributed by atoms with Gasteiger partial charge in [-0.25, -0.2) is 0 Å². The fraction of sp³-hybridized carbons (Fsp3) is 0.304. The van der Waals surface area contributed by atoms with E-state index >= 15 is 0 Å². The number of nitrogens with one attached hydrogen (secondary N) is 2. The summed E-state index contributed by atoms with van der Waals surface area (Å²) >= 11 is 0. The first-order valence-corrected chi connectivity index (χ1v) is 9.63. The van der Waals surface area contributed by atoms with Crippen LogP contribution in [0.5, 0.6) is 0 Å². The summed E-state index contributed by atoms with van der Waals surface area (Å²) in [7, 11) is 1.82. The minimum absolute atomic E-state index is 0.233. The second kappa shape index (κ2) is 7.78. The molecule has 138 valence electrons. The van der Waals surface area contributed by atoms with E-state index < -0.39 is 0 Å². The third kappa shape index (κ3) is 3.65. The van der Waals surface area contributed by atoms with Crippen molar-refractivity contribution < 1.29 is 0 Å². The zero-order valence-electron chi connectivity index (χ0n) is 15.8. The molecule has 0 spiro atoms. The number of guanidine groups is 1. The van der Waals surface area contributed by atoms with Crippen LogP contribution in [0.4, 0.5) is 0 Å². The Labute approximate surface area is 160 Å². The van der Waals surface area contributed by atoms with Crippen molar-refractivity contribution in [1.29, 1.82) is 0 Å². The lowest BCUT2D eigenvalue weighted by Gasteiger charge is -2.43. The summed E-state index contributed by atoms with van der Waals surface area (Å²) in [4.78, 5) is 8.96. The molecule has 1 aliphatic carbocycles. The monoisotopic (exact) mass is 358 g/mol. The van der Waals surface area contributed by atoms with Crippen LogP contribution in [0.1, 0.15) is 30.5 Å². The third-order valence-corrected chi connectivity index (χ3v) is 5.69. The highest BCUT2D eigenvalue weighted by molar-refractivity contribution is 5.85. The molecule has 3 aromatic rings. The first-order chi connectivity index (χ1) is 13.3. The van der Waals surface area contributed by atoms with E-state index in [2.05, 4.69) is 75.2 Å². The Bertz CT molecular complexity index is 924. The van der Waals surface area contributed by atoms with Crippen LogP contribution in [0.3, 0.4) is 0 Å². The Morgan fingerprint density at radius 1 is 1.00 bits per heavy atom. The Kier molecular flexibility index (Phi) is 5.05. The topological polar surface area (TPSA) is 49.3 Å². The van der Waals surface area contributed by atoms with Crippen molar-refractivity contribution in [2.24, 2.45) is 4.99 Å². The molecule has 0 unspecified atom stereocenters. The summed E-state index contributed by atoms with van der Waals surface area (Å²) in [6.45, 7) is 1.55. The van der Waals surface area contributed by atoms with Crippen LogP contribution >= 0.6 is 0 Å². The van der Waals surface area contributed by atoms with E-state index in [0.29, 0.717) is 6.54 Å². The molecule has 1 aliphatic rings. The van der Waals surface area contributed by atoms with Gasteiger partial charge in [0.15, 0.2) is 5.96 Å². The van der Waals surface area contributed by atoms with Crippen LogP contribution < -0.4 is 10.6 Å². The van der Waals surface area contributed by atoms with Crippen molar-refractivity contribution in [3.8, 4) is 0 Å². The second-order valence-electron chi connectivity index (χ2n) is 7.26. The quantitative estimate of drug-likeness (QED) is 0.535. The molecule has 0 bridgehead atoms. The van der Waals surface area contributed by atoms with E-state index in [1.54, 1.807) is 0 Å². The van der Waals surface area contributed by atoms with Gasteiger partial charge in [-0.05, 0) is 29.9 Å². The van der Waals surface area contributed by atoms with Gasteiger partial charge < -0.3 is 10.6 Å². The number of aliphatic imine (C=N–C) groups is 1. The lowest BCUT2D eigenvalue weighted by atomic mass is 9.64. The number of hydrogen-bond donors (Lipinski definition) is 2. The summed E-state index contributed by atoms with van der Waals surface area (Å²) in [6.07, 6.45) is 5.62. The zero-order chi connectivity index (χ0) is 18.5. The first-order valence-electron chi connectivity index (χ1n) is 9.63. The largest absolute Gasteiger partial charge is 0.356 e. The fourth-order valence-electron chi connectivity index (χ4n) is 3.93. The SMILES string of the molecule is CN=C(NCc1nccc2ccccc12)NCC1(c2ccccc2)CCC1. The van der Waals surface area contributed by atoms with Gasteiger partial charge in [-0.3, -0.25) is 9.98 Å². The lowest BCUT2D eigenvalue weighted by Crippen LogP contribution is -2.48. The summed E-state index contributed by atoms with van der Waals surface area (Å²) < 4.78 is 0. The van der Waals surface area contributed by atoms with Gasteiger partial charge in [0.05, 0.1) is 12.2 Å². The molecule has 1 fully saturated rings. The molecular formula is C23H26N4. The minimum atomic E-state index is 0.233. The van der Waals surface area contributed by atoms with Gasteiger partial charge in [0.1, 0.15) is 0 Å². The first kappa shape index (κ1) is 17.5. The maximum atomic E-state index is 4.55. The Morgan fingerprint density at radius 2 is 1.78 bits per heavy atom. The van der Waals surface area contributed by atoms with E-state index in [0.717, 1.165) is 18.2 Å². The number of benzene rings is 2. The van der Waals surface area contributed by atoms with Gasteiger partial charge in [0, 0.05) is 30.6 Å². The summed E-state index contributed by atoms with van der Waals surface area (Å²) in [5.41, 5.74) is 2.70. The normalized spacial score (nSPS) is 16.0. The van der Waals surface area contributed by atoms with Gasteiger partial charge in [0.2, 0.25) is 0 Å². The Morgan fingerprint density at radius 3 is 2.52 bits per heavy atom. The number of hydrogen-bond acceptors (Lipinski definition) is 2. The van der Waals surface area contributed by atoms with Crippen LogP contribution in [-0.4, -0.2) is 24.5 Å². The predicted octanol–water partition coefficient (Wildman–Crippen LogP) is 4.02. The highest BCUT2D eigenvalue weighted by Gasteiger charge is 2.38. The highest BCUT2D eigenvalue weighted by atomic mass is 15.2. The van der Waals surface area contributed by atoms with Crippen molar-refractivity contribution in [3.05, 3.63) is 78.1 Å². The van der Waals surface area contributed by atoms with Crippen LogP contribution in [0.25, 0.3) is 10.8 Å². The van der Waals surface area contributed by atoms with E-state index in [4.69, 9.17) is 0 Å². The van der Waals surface area contributed by atoms with Crippen molar-refractivity contribution >= 4 is 16.7 Å². The second-order valence-corrected chi connectivity index (χ2v) is 7.26. The molecule has 27 heavy (non-hydrogen) atoms. The smallest absolute Gasteiger partial charge is 0.191 e. The van der Waals surface area contributed by atoms with Crippen molar-refractivity contribution in [1.82, 2.24) is 15.6 Å². The molecule has 0 amide bonds. The average Bonchev–Trinajstić information content (AvgIpc) is 2.70. The van der Waals surface area contributed by atoms with Crippen molar-refractivity contribution in [3.63, 3.8) is 0 Å². The van der Waals surface area contributed by atoms with Gasteiger partial charge in [-0.2, -0.15) is 0 Å². The number of aromatic nitrogens is 1. The molecule has 4 heteroatoms. The van der Waals surface area contributed by atoms with Gasteiger partial charge >= 0.3 is 0 Å². The molecule has 4 nitrogen and oxygen atoms in total. The number of pyridine rings is 1. The van der Waals surface area contributed by atoms with Gasteiger partial charge in [-0.15, -0.1) is 0 Å². The fourth-order valence-corrected chi connectivity index (χ4v) is 3.93. The maximum absolute atomic E-state index is 4.55. The number of nitrogens with zero attached hydrogens (tertiary/aromatic N) is 2. The van der Waals surface area contributed by atoms with Gasteiger partial charge in [0.25, 0.3) is 0 Å². The molecule has 2 N–H and O–H groups in total. The average molecular weight is 358 g/mol. The number of rotatable bonds is 5. The molecule has 2 aromatic carbocycles. The summed E-state index contributed by atoms with van der Waals surface area (Å²) in [6, 6.07) is 21.2. The maximum Gasteiger partial charge on any atom is 0.191 e. The molecule has 1 heterocycles.